The zero-order chi connectivity index (χ0) is 26.2. The Morgan fingerprint density at radius 3 is 2.22 bits per heavy atom. The maximum Gasteiger partial charge on any atom is 0.339 e. The summed E-state index contributed by atoms with van der Waals surface area (Å²) in [5.41, 5.74) is 2.53. The number of para-hydroxylation sites is 1. The van der Waals surface area contributed by atoms with Gasteiger partial charge < -0.3 is 30.1 Å². The van der Waals surface area contributed by atoms with E-state index in [0.717, 1.165) is 16.7 Å². The first kappa shape index (κ1) is 25.8. The van der Waals surface area contributed by atoms with Crippen LogP contribution in [0.15, 0.2) is 97.1 Å². The third-order valence-corrected chi connectivity index (χ3v) is 5.92. The number of phenolic OH excluding ortho intramolecular Hbond substituents is 1. The second-order valence-electron chi connectivity index (χ2n) is 8.58. The maximum atomic E-state index is 11.7. The van der Waals surface area contributed by atoms with Gasteiger partial charge in [0.1, 0.15) is 35.2 Å². The van der Waals surface area contributed by atoms with E-state index >= 15 is 0 Å². The molecule has 4 rings (SSSR count). The average Bonchev–Trinajstić information content (AvgIpc) is 2.92. The number of ether oxygens (including phenoxy) is 2. The van der Waals surface area contributed by atoms with E-state index in [-0.39, 0.29) is 23.1 Å². The van der Waals surface area contributed by atoms with Gasteiger partial charge in [0.15, 0.2) is 0 Å². The quantitative estimate of drug-likeness (QED) is 0.198. The first-order chi connectivity index (χ1) is 17.9. The molecule has 2 atom stereocenters. The maximum absolute atomic E-state index is 11.7. The summed E-state index contributed by atoms with van der Waals surface area (Å²) >= 11 is 0. The van der Waals surface area contributed by atoms with Crippen LogP contribution in [0.4, 0.5) is 0 Å². The average molecular weight is 500 g/mol. The molecule has 4 aromatic carbocycles. The molecule has 0 radical (unpaired) electrons. The van der Waals surface area contributed by atoms with Crippen LogP contribution >= 0.6 is 0 Å². The van der Waals surface area contributed by atoms with Crippen molar-refractivity contribution in [2.45, 2.75) is 19.1 Å². The number of aromatic hydroxyl groups is 1. The van der Waals surface area contributed by atoms with Gasteiger partial charge in [-0.05, 0) is 72.1 Å². The number of carbonyl (C=O) groups is 1. The van der Waals surface area contributed by atoms with Gasteiger partial charge in [-0.25, -0.2) is 4.79 Å². The van der Waals surface area contributed by atoms with Crippen molar-refractivity contribution in [3.05, 3.63) is 108 Å². The Balaban J connectivity index is 1.33. The van der Waals surface area contributed by atoms with Crippen LogP contribution in [0.25, 0.3) is 11.1 Å². The third kappa shape index (κ3) is 6.88. The molecule has 7 nitrogen and oxygen atoms in total. The van der Waals surface area contributed by atoms with Crippen LogP contribution in [-0.4, -0.2) is 40.5 Å². The molecule has 0 aliphatic carbocycles. The van der Waals surface area contributed by atoms with Crippen LogP contribution < -0.4 is 14.8 Å². The van der Waals surface area contributed by atoms with Crippen LogP contribution in [0.5, 0.6) is 23.0 Å². The largest absolute Gasteiger partial charge is 0.508 e. The SMILES string of the molecule is C[C@@H](NCCOc1ccc(-c2ccc(C(=O)O)c(Oc3ccccc3)c2)cc1)[C@@H](O)c1ccc(O)cc1. The fraction of sp³-hybridized carbons (Fsp3) is 0.167. The van der Waals surface area contributed by atoms with Crippen LogP contribution in [-0.2, 0) is 0 Å². The van der Waals surface area contributed by atoms with Gasteiger partial charge >= 0.3 is 5.97 Å². The highest BCUT2D eigenvalue weighted by molar-refractivity contribution is 5.92. The third-order valence-electron chi connectivity index (χ3n) is 5.92. The summed E-state index contributed by atoms with van der Waals surface area (Å²) in [4.78, 5) is 11.7. The molecule has 0 saturated carbocycles. The Morgan fingerprint density at radius 1 is 0.865 bits per heavy atom. The van der Waals surface area contributed by atoms with Gasteiger partial charge in [-0.3, -0.25) is 0 Å². The molecule has 4 aromatic rings. The smallest absolute Gasteiger partial charge is 0.339 e. The van der Waals surface area contributed by atoms with Crippen LogP contribution in [0.3, 0.4) is 0 Å². The number of aliphatic hydroxyl groups excluding tert-OH is 1. The van der Waals surface area contributed by atoms with Crippen molar-refractivity contribution < 1.29 is 29.6 Å². The molecule has 0 amide bonds. The van der Waals surface area contributed by atoms with Crippen molar-refractivity contribution in [2.24, 2.45) is 0 Å². The number of phenols is 1. The molecule has 7 heteroatoms. The van der Waals surface area contributed by atoms with E-state index in [0.29, 0.717) is 24.7 Å². The highest BCUT2D eigenvalue weighted by Gasteiger charge is 2.16. The number of aromatic carboxylic acids is 1. The number of carboxylic acids is 1. The number of hydrogen-bond acceptors (Lipinski definition) is 6. The summed E-state index contributed by atoms with van der Waals surface area (Å²) in [5, 5.41) is 32.7. The van der Waals surface area contributed by atoms with Crippen molar-refractivity contribution in [1.29, 1.82) is 0 Å². The number of carboxylic acid groups (broad SMARTS) is 1. The Bertz CT molecular complexity index is 1310. The minimum atomic E-state index is -1.06. The van der Waals surface area contributed by atoms with Crippen LogP contribution in [0, 0.1) is 0 Å². The normalized spacial score (nSPS) is 12.5. The van der Waals surface area contributed by atoms with E-state index in [4.69, 9.17) is 9.47 Å². The van der Waals surface area contributed by atoms with Crippen molar-refractivity contribution in [2.75, 3.05) is 13.2 Å². The molecule has 0 unspecified atom stereocenters. The van der Waals surface area contributed by atoms with Crippen molar-refractivity contribution in [3.8, 4) is 34.1 Å². The number of aliphatic hydroxyl groups is 1. The predicted molar refractivity (Wildman–Crippen MR) is 141 cm³/mol. The second-order valence-corrected chi connectivity index (χ2v) is 8.58. The minimum Gasteiger partial charge on any atom is -0.508 e. The molecule has 0 fully saturated rings. The van der Waals surface area contributed by atoms with Gasteiger partial charge in [0, 0.05) is 12.6 Å². The Labute approximate surface area is 215 Å². The molecule has 190 valence electrons. The molecule has 0 bridgehead atoms. The van der Waals surface area contributed by atoms with E-state index < -0.39 is 12.1 Å². The molecular weight excluding hydrogens is 470 g/mol. The van der Waals surface area contributed by atoms with Crippen molar-refractivity contribution in [1.82, 2.24) is 5.32 Å². The fourth-order valence-corrected chi connectivity index (χ4v) is 3.85. The lowest BCUT2D eigenvalue weighted by Gasteiger charge is -2.21. The van der Waals surface area contributed by atoms with Gasteiger partial charge in [0.2, 0.25) is 0 Å². The zero-order valence-corrected chi connectivity index (χ0v) is 20.4. The second kappa shape index (κ2) is 12.1. The van der Waals surface area contributed by atoms with E-state index in [1.54, 1.807) is 54.6 Å². The number of hydrogen-bond donors (Lipinski definition) is 4. The van der Waals surface area contributed by atoms with E-state index in [2.05, 4.69) is 5.32 Å². The summed E-state index contributed by atoms with van der Waals surface area (Å²) in [6, 6.07) is 27.9. The first-order valence-electron chi connectivity index (χ1n) is 11.9. The lowest BCUT2D eigenvalue weighted by molar-refractivity contribution is 0.0694. The summed E-state index contributed by atoms with van der Waals surface area (Å²) in [5.74, 6) is 0.629. The lowest BCUT2D eigenvalue weighted by Crippen LogP contribution is -2.35. The molecule has 37 heavy (non-hydrogen) atoms. The summed E-state index contributed by atoms with van der Waals surface area (Å²) in [7, 11) is 0. The Kier molecular flexibility index (Phi) is 8.40. The van der Waals surface area contributed by atoms with E-state index in [1.165, 1.54) is 0 Å². The number of rotatable bonds is 11. The highest BCUT2D eigenvalue weighted by atomic mass is 16.5. The summed E-state index contributed by atoms with van der Waals surface area (Å²) in [6.45, 7) is 2.83. The van der Waals surface area contributed by atoms with Gasteiger partial charge in [-0.15, -0.1) is 0 Å². The molecule has 0 heterocycles. The first-order valence-corrected chi connectivity index (χ1v) is 11.9. The molecule has 0 spiro atoms. The van der Waals surface area contributed by atoms with Gasteiger partial charge in [-0.1, -0.05) is 48.5 Å². The summed E-state index contributed by atoms with van der Waals surface area (Å²) in [6.07, 6.45) is -0.705. The van der Waals surface area contributed by atoms with Gasteiger partial charge in [0.05, 0.1) is 6.10 Å². The highest BCUT2D eigenvalue weighted by Crippen LogP contribution is 2.32. The van der Waals surface area contributed by atoms with Gasteiger partial charge in [-0.2, -0.15) is 0 Å². The Morgan fingerprint density at radius 2 is 1.54 bits per heavy atom. The van der Waals surface area contributed by atoms with Crippen molar-refractivity contribution in [3.63, 3.8) is 0 Å². The number of nitrogens with one attached hydrogen (secondary N) is 1. The molecule has 0 aromatic heterocycles. The van der Waals surface area contributed by atoms with Crippen LogP contribution in [0.1, 0.15) is 28.9 Å². The Hall–Kier alpha value is -4.33. The molecule has 0 aliphatic rings. The van der Waals surface area contributed by atoms with E-state index in [1.807, 2.05) is 49.4 Å². The fourth-order valence-electron chi connectivity index (χ4n) is 3.85. The molecule has 0 aliphatic heterocycles. The minimum absolute atomic E-state index is 0.0878. The molecular formula is C30H29NO6. The topological polar surface area (TPSA) is 108 Å². The van der Waals surface area contributed by atoms with Gasteiger partial charge in [0.25, 0.3) is 0 Å². The predicted octanol–water partition coefficient (Wildman–Crippen LogP) is 5.64. The van der Waals surface area contributed by atoms with Crippen molar-refractivity contribution >= 4 is 5.97 Å². The monoisotopic (exact) mass is 499 g/mol. The van der Waals surface area contributed by atoms with E-state index in [9.17, 15) is 20.1 Å². The standard InChI is InChI=1S/C30H29NO6/c1-20(29(33)22-7-12-24(32)13-8-22)31-17-18-36-25-14-9-21(10-15-25)23-11-16-27(30(34)35)28(19-23)37-26-5-3-2-4-6-26/h2-16,19-20,29,31-33H,17-18H2,1H3,(H,34,35)/t20-,29-/m1/s1. The molecule has 0 saturated heterocycles. The molecule has 4 N–H and O–H groups in total. The summed E-state index contributed by atoms with van der Waals surface area (Å²) < 4.78 is 11.7. The van der Waals surface area contributed by atoms with Crippen LogP contribution in [0.2, 0.25) is 0 Å². The number of benzene rings is 4. The lowest BCUT2D eigenvalue weighted by atomic mass is 10.0. The zero-order valence-electron chi connectivity index (χ0n) is 20.4.